The van der Waals surface area contributed by atoms with Crippen molar-refractivity contribution in [3.63, 3.8) is 0 Å². The summed E-state index contributed by atoms with van der Waals surface area (Å²) in [6.45, 7) is 5.38. The lowest BCUT2D eigenvalue weighted by atomic mass is 10.2. The lowest BCUT2D eigenvalue weighted by molar-refractivity contribution is 0.0619. The molecule has 0 aliphatic rings. The first-order valence-corrected chi connectivity index (χ1v) is 9.17. The number of para-hydroxylation sites is 1. The number of aliphatic hydroxyl groups is 1. The van der Waals surface area contributed by atoms with Gasteiger partial charge in [0.25, 0.3) is 0 Å². The van der Waals surface area contributed by atoms with Crippen molar-refractivity contribution in [3.05, 3.63) is 52.2 Å². The molecule has 0 spiro atoms. The highest BCUT2D eigenvalue weighted by Crippen LogP contribution is 2.17. The van der Waals surface area contributed by atoms with Gasteiger partial charge in [0.15, 0.2) is 0 Å². The van der Waals surface area contributed by atoms with Crippen LogP contribution < -0.4 is 4.74 Å². The van der Waals surface area contributed by atoms with Gasteiger partial charge >= 0.3 is 0 Å². The summed E-state index contributed by atoms with van der Waals surface area (Å²) in [5.41, 5.74) is 1.08. The number of hydrogen-bond donors (Lipinski definition) is 1. The van der Waals surface area contributed by atoms with E-state index >= 15 is 0 Å². The number of benzene rings is 1. The molecule has 24 heavy (non-hydrogen) atoms. The second-order valence-corrected chi connectivity index (χ2v) is 6.92. The van der Waals surface area contributed by atoms with Crippen molar-refractivity contribution >= 4 is 11.3 Å². The molecule has 0 fully saturated rings. The highest BCUT2D eigenvalue weighted by Gasteiger charge is 2.14. The zero-order valence-electron chi connectivity index (χ0n) is 14.5. The van der Waals surface area contributed by atoms with E-state index in [1.54, 1.807) is 18.4 Å². The first-order chi connectivity index (χ1) is 11.7. The Kier molecular flexibility index (Phi) is 8.25. The molecule has 2 rings (SSSR count). The summed E-state index contributed by atoms with van der Waals surface area (Å²) in [6, 6.07) is 12.1. The topological polar surface area (TPSA) is 41.9 Å². The minimum atomic E-state index is -0.521. The number of thiophene rings is 1. The fourth-order valence-electron chi connectivity index (χ4n) is 2.55. The minimum Gasteiger partial charge on any atom is -0.491 e. The Morgan fingerprint density at radius 1 is 1.21 bits per heavy atom. The van der Waals surface area contributed by atoms with E-state index < -0.39 is 6.10 Å². The van der Waals surface area contributed by atoms with Crippen molar-refractivity contribution in [1.82, 2.24) is 4.90 Å². The van der Waals surface area contributed by atoms with Gasteiger partial charge < -0.3 is 14.6 Å². The van der Waals surface area contributed by atoms with Gasteiger partial charge in [-0.25, -0.2) is 0 Å². The largest absolute Gasteiger partial charge is 0.491 e. The fourth-order valence-corrected chi connectivity index (χ4v) is 3.29. The van der Waals surface area contributed by atoms with Gasteiger partial charge in [-0.3, -0.25) is 4.90 Å². The maximum Gasteiger partial charge on any atom is 0.122 e. The first kappa shape index (κ1) is 18.9. The lowest BCUT2D eigenvalue weighted by Crippen LogP contribution is -2.36. The third-order valence-electron chi connectivity index (χ3n) is 3.78. The summed E-state index contributed by atoms with van der Waals surface area (Å²) < 4.78 is 10.9. The van der Waals surface area contributed by atoms with Gasteiger partial charge in [0, 0.05) is 38.2 Å². The summed E-state index contributed by atoms with van der Waals surface area (Å²) in [4.78, 5) is 3.57. The molecular weight excluding hydrogens is 322 g/mol. The van der Waals surface area contributed by atoms with E-state index in [9.17, 15) is 5.11 Å². The highest BCUT2D eigenvalue weighted by atomic mass is 32.1. The summed E-state index contributed by atoms with van der Waals surface area (Å²) in [7, 11) is 1.72. The van der Waals surface area contributed by atoms with Crippen LogP contribution in [0.2, 0.25) is 0 Å². The Labute approximate surface area is 148 Å². The predicted octanol–water partition coefficient (Wildman–Crippen LogP) is 3.33. The highest BCUT2D eigenvalue weighted by molar-refractivity contribution is 7.09. The number of rotatable bonds is 11. The SMILES string of the molecule is COCCCN(Cc1cccs1)C[C@H](O)COc1ccccc1C. The quantitative estimate of drug-likeness (QED) is 0.632. The van der Waals surface area contributed by atoms with Gasteiger partial charge in [-0.1, -0.05) is 24.3 Å². The van der Waals surface area contributed by atoms with Crippen LogP contribution in [0.4, 0.5) is 0 Å². The molecule has 0 bridgehead atoms. The number of hydrogen-bond acceptors (Lipinski definition) is 5. The monoisotopic (exact) mass is 349 g/mol. The summed E-state index contributed by atoms with van der Waals surface area (Å²) in [5.74, 6) is 0.834. The zero-order chi connectivity index (χ0) is 17.2. The standard InChI is InChI=1S/C19H27NO3S/c1-16-7-3-4-9-19(16)23-15-17(21)13-20(10-6-11-22-2)14-18-8-5-12-24-18/h3-5,7-9,12,17,21H,6,10-11,13-15H2,1-2H3/t17-/m0/s1. The van der Waals surface area contributed by atoms with Gasteiger partial charge in [0.05, 0.1) is 0 Å². The zero-order valence-corrected chi connectivity index (χ0v) is 15.3. The van der Waals surface area contributed by atoms with Crippen molar-refractivity contribution in [2.75, 3.05) is 33.4 Å². The smallest absolute Gasteiger partial charge is 0.122 e. The van der Waals surface area contributed by atoms with Crippen LogP contribution in [0.25, 0.3) is 0 Å². The molecule has 1 aromatic carbocycles. The molecule has 0 amide bonds. The minimum absolute atomic E-state index is 0.302. The summed E-state index contributed by atoms with van der Waals surface area (Å²) in [5, 5.41) is 12.4. The van der Waals surface area contributed by atoms with Crippen molar-refractivity contribution in [1.29, 1.82) is 0 Å². The molecule has 4 nitrogen and oxygen atoms in total. The van der Waals surface area contributed by atoms with Crippen LogP contribution in [-0.2, 0) is 11.3 Å². The Bertz CT molecular complexity index is 574. The molecule has 132 valence electrons. The predicted molar refractivity (Wildman–Crippen MR) is 98.8 cm³/mol. The number of nitrogens with zero attached hydrogens (tertiary/aromatic N) is 1. The van der Waals surface area contributed by atoms with Gasteiger partial charge in [-0.15, -0.1) is 11.3 Å². The lowest BCUT2D eigenvalue weighted by Gasteiger charge is -2.24. The molecule has 0 radical (unpaired) electrons. The average Bonchev–Trinajstić information content (AvgIpc) is 3.07. The second kappa shape index (κ2) is 10.5. The molecule has 1 heterocycles. The van der Waals surface area contributed by atoms with Crippen LogP contribution in [0.1, 0.15) is 16.9 Å². The molecule has 0 saturated carbocycles. The van der Waals surface area contributed by atoms with Crippen LogP contribution in [0.3, 0.4) is 0 Å². The Balaban J connectivity index is 1.83. The van der Waals surface area contributed by atoms with Gasteiger partial charge in [0.2, 0.25) is 0 Å². The molecule has 0 aliphatic heterocycles. The molecule has 1 N–H and O–H groups in total. The third-order valence-corrected chi connectivity index (χ3v) is 4.64. The van der Waals surface area contributed by atoms with E-state index in [0.717, 1.165) is 37.4 Å². The van der Waals surface area contributed by atoms with Crippen molar-refractivity contribution in [2.24, 2.45) is 0 Å². The van der Waals surface area contributed by atoms with E-state index in [1.807, 2.05) is 31.2 Å². The van der Waals surface area contributed by atoms with E-state index in [0.29, 0.717) is 13.2 Å². The molecule has 0 unspecified atom stereocenters. The van der Waals surface area contributed by atoms with Crippen molar-refractivity contribution in [3.8, 4) is 5.75 Å². The van der Waals surface area contributed by atoms with Crippen molar-refractivity contribution in [2.45, 2.75) is 26.0 Å². The van der Waals surface area contributed by atoms with Gasteiger partial charge in [-0.2, -0.15) is 0 Å². The Morgan fingerprint density at radius 3 is 2.75 bits per heavy atom. The van der Waals surface area contributed by atoms with Gasteiger partial charge in [-0.05, 0) is 36.4 Å². The summed E-state index contributed by atoms with van der Waals surface area (Å²) in [6.07, 6.45) is 0.430. The first-order valence-electron chi connectivity index (χ1n) is 8.29. The van der Waals surface area contributed by atoms with Gasteiger partial charge in [0.1, 0.15) is 18.5 Å². The van der Waals surface area contributed by atoms with Crippen LogP contribution in [0, 0.1) is 6.92 Å². The molecule has 0 saturated heterocycles. The number of aryl methyl sites for hydroxylation is 1. The van der Waals surface area contributed by atoms with Crippen LogP contribution >= 0.6 is 11.3 Å². The average molecular weight is 349 g/mol. The number of methoxy groups -OCH3 is 1. The molecule has 1 atom stereocenters. The molecule has 5 heteroatoms. The number of aliphatic hydroxyl groups excluding tert-OH is 1. The second-order valence-electron chi connectivity index (χ2n) is 5.89. The van der Waals surface area contributed by atoms with E-state index in [-0.39, 0.29) is 0 Å². The van der Waals surface area contributed by atoms with E-state index in [2.05, 4.69) is 22.4 Å². The van der Waals surface area contributed by atoms with E-state index in [1.165, 1.54) is 4.88 Å². The maximum atomic E-state index is 10.4. The Hall–Kier alpha value is -1.40. The van der Waals surface area contributed by atoms with Crippen LogP contribution in [0.5, 0.6) is 5.75 Å². The number of ether oxygens (including phenoxy) is 2. The third kappa shape index (κ3) is 6.61. The maximum absolute atomic E-state index is 10.4. The molecule has 0 aliphatic carbocycles. The molecule has 2 aromatic rings. The van der Waals surface area contributed by atoms with Crippen molar-refractivity contribution < 1.29 is 14.6 Å². The summed E-state index contributed by atoms with van der Waals surface area (Å²) >= 11 is 1.74. The fraction of sp³-hybridized carbons (Fsp3) is 0.474. The van der Waals surface area contributed by atoms with Crippen LogP contribution in [-0.4, -0.2) is 49.5 Å². The van der Waals surface area contributed by atoms with Crippen LogP contribution in [0.15, 0.2) is 41.8 Å². The normalized spacial score (nSPS) is 12.5. The molecular formula is C19H27NO3S. The molecule has 1 aromatic heterocycles. The van der Waals surface area contributed by atoms with E-state index in [4.69, 9.17) is 9.47 Å². The Morgan fingerprint density at radius 2 is 2.04 bits per heavy atom.